The maximum Gasteiger partial charge on any atom is 0.340 e. The summed E-state index contributed by atoms with van der Waals surface area (Å²) >= 11 is 11.4. The van der Waals surface area contributed by atoms with Crippen LogP contribution < -0.4 is 5.32 Å². The third-order valence-corrected chi connectivity index (χ3v) is 4.04. The largest absolute Gasteiger partial charge is 0.449 e. The van der Waals surface area contributed by atoms with Crippen molar-refractivity contribution in [1.82, 2.24) is 0 Å². The first-order chi connectivity index (χ1) is 12.2. The molecule has 0 aliphatic carbocycles. The number of rotatable bonds is 5. The molecule has 0 aliphatic heterocycles. The molecule has 0 saturated heterocycles. The second-order valence-electron chi connectivity index (χ2n) is 5.42. The van der Waals surface area contributed by atoms with Crippen molar-refractivity contribution >= 4 is 46.5 Å². The van der Waals surface area contributed by atoms with E-state index in [0.29, 0.717) is 11.3 Å². The molecule has 5 nitrogen and oxygen atoms in total. The Morgan fingerprint density at radius 2 is 1.69 bits per heavy atom. The SMILES string of the molecule is CC(=O)c1ccc(NC(=O)[C@@H](C)OC(=O)c2cc(F)c(Cl)cc2Cl)cc1. The first kappa shape index (κ1) is 19.9. The first-order valence-corrected chi connectivity index (χ1v) is 8.22. The predicted molar refractivity (Wildman–Crippen MR) is 96.4 cm³/mol. The van der Waals surface area contributed by atoms with E-state index in [-0.39, 0.29) is 21.4 Å². The molecular formula is C18H14Cl2FNO4. The Bertz CT molecular complexity index is 868. The van der Waals surface area contributed by atoms with E-state index in [1.807, 2.05) is 0 Å². The molecule has 0 heterocycles. The monoisotopic (exact) mass is 397 g/mol. The molecular weight excluding hydrogens is 384 g/mol. The number of amides is 1. The van der Waals surface area contributed by atoms with Crippen LogP contribution in [0.3, 0.4) is 0 Å². The van der Waals surface area contributed by atoms with Crippen molar-refractivity contribution in [3.63, 3.8) is 0 Å². The molecule has 2 rings (SSSR count). The zero-order chi connectivity index (χ0) is 19.4. The van der Waals surface area contributed by atoms with E-state index in [0.717, 1.165) is 12.1 Å². The van der Waals surface area contributed by atoms with Gasteiger partial charge >= 0.3 is 5.97 Å². The molecule has 8 heteroatoms. The fourth-order valence-electron chi connectivity index (χ4n) is 1.99. The van der Waals surface area contributed by atoms with E-state index in [1.165, 1.54) is 13.8 Å². The number of hydrogen-bond donors (Lipinski definition) is 1. The van der Waals surface area contributed by atoms with E-state index >= 15 is 0 Å². The van der Waals surface area contributed by atoms with Crippen LogP contribution >= 0.6 is 23.2 Å². The van der Waals surface area contributed by atoms with Gasteiger partial charge in [-0.05, 0) is 50.2 Å². The summed E-state index contributed by atoms with van der Waals surface area (Å²) in [6.45, 7) is 2.79. The highest BCUT2D eigenvalue weighted by Crippen LogP contribution is 2.25. The summed E-state index contributed by atoms with van der Waals surface area (Å²) in [6, 6.07) is 8.15. The van der Waals surface area contributed by atoms with E-state index in [1.54, 1.807) is 24.3 Å². The number of benzene rings is 2. The summed E-state index contributed by atoms with van der Waals surface area (Å²) in [5.41, 5.74) is 0.694. The average Bonchev–Trinajstić information content (AvgIpc) is 2.58. The number of anilines is 1. The molecule has 0 spiro atoms. The van der Waals surface area contributed by atoms with Gasteiger partial charge in [0.25, 0.3) is 5.91 Å². The molecule has 136 valence electrons. The highest BCUT2D eigenvalue weighted by Gasteiger charge is 2.22. The number of Topliss-reactive ketones (excluding diaryl/α,β-unsaturated/α-hetero) is 1. The van der Waals surface area contributed by atoms with Gasteiger partial charge in [0, 0.05) is 11.3 Å². The fourth-order valence-corrected chi connectivity index (χ4v) is 2.45. The zero-order valence-corrected chi connectivity index (χ0v) is 15.3. The Labute approximate surface area is 159 Å². The molecule has 1 atom stereocenters. The molecule has 0 aromatic heterocycles. The van der Waals surface area contributed by atoms with Gasteiger partial charge < -0.3 is 10.1 Å². The van der Waals surface area contributed by atoms with Gasteiger partial charge in [0.1, 0.15) is 5.82 Å². The van der Waals surface area contributed by atoms with Crippen LogP contribution in [0.1, 0.15) is 34.6 Å². The molecule has 2 aromatic carbocycles. The van der Waals surface area contributed by atoms with Gasteiger partial charge in [0.05, 0.1) is 15.6 Å². The van der Waals surface area contributed by atoms with Crippen LogP contribution in [0.4, 0.5) is 10.1 Å². The zero-order valence-electron chi connectivity index (χ0n) is 13.8. The summed E-state index contributed by atoms with van der Waals surface area (Å²) in [6.07, 6.45) is -1.16. The lowest BCUT2D eigenvalue weighted by atomic mass is 10.1. The highest BCUT2D eigenvalue weighted by molar-refractivity contribution is 6.36. The van der Waals surface area contributed by atoms with Crippen LogP contribution in [0.2, 0.25) is 10.0 Å². The minimum atomic E-state index is -1.16. The third-order valence-electron chi connectivity index (χ3n) is 3.44. The summed E-state index contributed by atoms with van der Waals surface area (Å²) < 4.78 is 18.5. The maximum absolute atomic E-state index is 13.5. The molecule has 2 aromatic rings. The van der Waals surface area contributed by atoms with Crippen LogP contribution in [0.15, 0.2) is 36.4 Å². The Morgan fingerprint density at radius 1 is 1.08 bits per heavy atom. The van der Waals surface area contributed by atoms with Crippen molar-refractivity contribution in [2.75, 3.05) is 5.32 Å². The van der Waals surface area contributed by atoms with Crippen LogP contribution in [0.5, 0.6) is 0 Å². The number of carbonyl (C=O) groups excluding carboxylic acids is 3. The molecule has 1 N–H and O–H groups in total. The van der Waals surface area contributed by atoms with Crippen LogP contribution in [-0.4, -0.2) is 23.8 Å². The van der Waals surface area contributed by atoms with Crippen molar-refractivity contribution in [2.24, 2.45) is 0 Å². The van der Waals surface area contributed by atoms with Crippen LogP contribution in [0, 0.1) is 5.82 Å². The van der Waals surface area contributed by atoms with Crippen molar-refractivity contribution in [1.29, 1.82) is 0 Å². The lowest BCUT2D eigenvalue weighted by Crippen LogP contribution is -2.30. The van der Waals surface area contributed by atoms with E-state index in [2.05, 4.69) is 5.32 Å². The summed E-state index contributed by atoms with van der Waals surface area (Å²) in [4.78, 5) is 35.4. The molecule has 0 saturated carbocycles. The minimum absolute atomic E-state index is 0.0890. The molecule has 0 bridgehead atoms. The van der Waals surface area contributed by atoms with Gasteiger partial charge in [0.15, 0.2) is 11.9 Å². The Morgan fingerprint density at radius 3 is 2.27 bits per heavy atom. The number of carbonyl (C=O) groups is 3. The maximum atomic E-state index is 13.5. The lowest BCUT2D eigenvalue weighted by molar-refractivity contribution is -0.123. The Hall–Kier alpha value is -2.44. The normalized spacial score (nSPS) is 11.6. The number of hydrogen-bond acceptors (Lipinski definition) is 4. The molecule has 0 fully saturated rings. The molecule has 0 unspecified atom stereocenters. The number of nitrogens with one attached hydrogen (secondary N) is 1. The Balaban J connectivity index is 2.03. The molecule has 0 aliphatic rings. The second-order valence-corrected chi connectivity index (χ2v) is 6.23. The van der Waals surface area contributed by atoms with E-state index in [4.69, 9.17) is 27.9 Å². The quantitative estimate of drug-likeness (QED) is 0.457. The van der Waals surface area contributed by atoms with Crippen LogP contribution in [-0.2, 0) is 9.53 Å². The molecule has 0 radical (unpaired) electrons. The van der Waals surface area contributed by atoms with Gasteiger partial charge in [-0.15, -0.1) is 0 Å². The van der Waals surface area contributed by atoms with Gasteiger partial charge in [0.2, 0.25) is 0 Å². The molecule has 1 amide bonds. The number of ether oxygens (including phenoxy) is 1. The number of halogens is 3. The van der Waals surface area contributed by atoms with Crippen LogP contribution in [0.25, 0.3) is 0 Å². The van der Waals surface area contributed by atoms with Gasteiger partial charge in [-0.1, -0.05) is 23.2 Å². The second kappa shape index (κ2) is 8.29. The topological polar surface area (TPSA) is 72.5 Å². The van der Waals surface area contributed by atoms with E-state index < -0.39 is 23.8 Å². The van der Waals surface area contributed by atoms with Gasteiger partial charge in [-0.3, -0.25) is 9.59 Å². The predicted octanol–water partition coefficient (Wildman–Crippen LogP) is 4.52. The molecule has 26 heavy (non-hydrogen) atoms. The van der Waals surface area contributed by atoms with Crippen molar-refractivity contribution in [3.8, 4) is 0 Å². The highest BCUT2D eigenvalue weighted by atomic mass is 35.5. The summed E-state index contributed by atoms with van der Waals surface area (Å²) in [5.74, 6) is -2.48. The van der Waals surface area contributed by atoms with Crippen molar-refractivity contribution in [3.05, 3.63) is 63.4 Å². The Kier molecular flexibility index (Phi) is 6.34. The number of esters is 1. The lowest BCUT2D eigenvalue weighted by Gasteiger charge is -2.14. The summed E-state index contributed by atoms with van der Waals surface area (Å²) in [5, 5.41) is 2.22. The number of ketones is 1. The fraction of sp³-hybridized carbons (Fsp3) is 0.167. The van der Waals surface area contributed by atoms with Crippen molar-refractivity contribution < 1.29 is 23.5 Å². The first-order valence-electron chi connectivity index (χ1n) is 7.46. The third kappa shape index (κ3) is 4.80. The summed E-state index contributed by atoms with van der Waals surface area (Å²) in [7, 11) is 0. The minimum Gasteiger partial charge on any atom is -0.449 e. The van der Waals surface area contributed by atoms with E-state index in [9.17, 15) is 18.8 Å². The standard InChI is InChI=1S/C18H14Cl2FNO4/c1-9(23)11-3-5-12(6-4-11)22-17(24)10(2)26-18(25)13-7-16(21)15(20)8-14(13)19/h3-8,10H,1-2H3,(H,22,24)/t10-/m1/s1. The average molecular weight is 398 g/mol. The van der Waals surface area contributed by atoms with Gasteiger partial charge in [-0.2, -0.15) is 0 Å². The van der Waals surface area contributed by atoms with Crippen molar-refractivity contribution in [2.45, 2.75) is 20.0 Å². The smallest absolute Gasteiger partial charge is 0.340 e. The van der Waals surface area contributed by atoms with Gasteiger partial charge in [-0.25, -0.2) is 9.18 Å².